The molecular weight excluding hydrogens is 463 g/mol. The number of morpholine rings is 1. The summed E-state index contributed by atoms with van der Waals surface area (Å²) in [5.74, 6) is -1.92. The fraction of sp³-hybridized carbons (Fsp3) is 0.444. The van der Waals surface area contributed by atoms with Crippen molar-refractivity contribution in [2.45, 2.75) is 64.5 Å². The minimum Gasteiger partial charge on any atom is -0.381 e. The number of rotatable bonds is 6. The maximum absolute atomic E-state index is 14.9. The molecule has 3 amide bonds. The zero-order valence-corrected chi connectivity index (χ0v) is 20.3. The van der Waals surface area contributed by atoms with Crippen molar-refractivity contribution >= 4 is 23.4 Å². The summed E-state index contributed by atoms with van der Waals surface area (Å²) in [6, 6.07) is 8.58. The van der Waals surface area contributed by atoms with Crippen LogP contribution < -0.4 is 10.6 Å². The van der Waals surface area contributed by atoms with Gasteiger partial charge in [-0.3, -0.25) is 24.6 Å². The standard InChI is InChI=1S/C27H31FN4O4/c1-16-12-31(13-17(2)36-16)14-18-6-7-22(28)19(10-18)11-29-23-5-3-4-20-21(23)15-32(27(20)35)24-8-9-25(33)30-26(24)34/h3-7,10,16-17,24,29H,8-9,11-15H2,1-2H3,(H,30,33,34)/i11D2. The van der Waals surface area contributed by atoms with Gasteiger partial charge in [0.15, 0.2) is 0 Å². The lowest BCUT2D eigenvalue weighted by Crippen LogP contribution is -2.52. The van der Waals surface area contributed by atoms with E-state index in [1.807, 2.05) is 13.8 Å². The summed E-state index contributed by atoms with van der Waals surface area (Å²) in [4.78, 5) is 40.6. The third-order valence-electron chi connectivity index (χ3n) is 6.85. The van der Waals surface area contributed by atoms with E-state index < -0.39 is 24.3 Å². The Bertz CT molecular complexity index is 1280. The van der Waals surface area contributed by atoms with Gasteiger partial charge in [-0.15, -0.1) is 0 Å². The van der Waals surface area contributed by atoms with Gasteiger partial charge >= 0.3 is 0 Å². The summed E-state index contributed by atoms with van der Waals surface area (Å²) in [6.45, 7) is 3.81. The molecule has 0 spiro atoms. The summed E-state index contributed by atoms with van der Waals surface area (Å²) in [5, 5.41) is 5.08. The molecule has 0 aliphatic carbocycles. The number of hydrogen-bond donors (Lipinski definition) is 2. The maximum atomic E-state index is 14.9. The van der Waals surface area contributed by atoms with Crippen molar-refractivity contribution in [2.75, 3.05) is 18.4 Å². The second-order valence-electron chi connectivity index (χ2n) is 9.75. The van der Waals surface area contributed by atoms with Crippen LogP contribution in [0.4, 0.5) is 10.1 Å². The maximum Gasteiger partial charge on any atom is 0.255 e. The highest BCUT2D eigenvalue weighted by Gasteiger charge is 2.39. The highest BCUT2D eigenvalue weighted by atomic mass is 19.1. The number of benzene rings is 2. The SMILES string of the molecule is [2H]C([2H])(Nc1cccc2c1CN(C1CCC(=O)NC1=O)C2=O)c1cc(CN2CC(C)OC(C)C2)ccc1F. The van der Waals surface area contributed by atoms with E-state index >= 15 is 0 Å². The van der Waals surface area contributed by atoms with Crippen LogP contribution in [0, 0.1) is 5.82 Å². The number of amides is 3. The zero-order valence-electron chi connectivity index (χ0n) is 22.3. The smallest absolute Gasteiger partial charge is 0.255 e. The number of imide groups is 1. The molecule has 0 saturated carbocycles. The van der Waals surface area contributed by atoms with E-state index in [0.29, 0.717) is 23.4 Å². The number of hydrogen-bond acceptors (Lipinski definition) is 6. The van der Waals surface area contributed by atoms with Gasteiger partial charge in [0.1, 0.15) is 11.9 Å². The van der Waals surface area contributed by atoms with Crippen LogP contribution in [0.3, 0.4) is 0 Å². The van der Waals surface area contributed by atoms with Crippen molar-refractivity contribution < 1.29 is 26.3 Å². The number of carbonyl (C=O) groups excluding carboxylic acids is 3. The first-order chi connectivity index (χ1) is 18.0. The molecule has 2 fully saturated rings. The Morgan fingerprint density at radius 3 is 2.69 bits per heavy atom. The number of halogens is 1. The van der Waals surface area contributed by atoms with Crippen LogP contribution in [0.2, 0.25) is 0 Å². The Morgan fingerprint density at radius 1 is 1.17 bits per heavy atom. The van der Waals surface area contributed by atoms with Gasteiger partial charge in [0.2, 0.25) is 11.8 Å². The van der Waals surface area contributed by atoms with E-state index in [2.05, 4.69) is 15.5 Å². The molecule has 5 rings (SSSR count). The van der Waals surface area contributed by atoms with Crippen molar-refractivity contribution in [1.82, 2.24) is 15.1 Å². The van der Waals surface area contributed by atoms with Crippen LogP contribution in [-0.2, 0) is 33.9 Å². The van der Waals surface area contributed by atoms with Gasteiger partial charge in [0.05, 0.1) is 14.9 Å². The Kier molecular flexibility index (Phi) is 6.09. The molecule has 0 radical (unpaired) electrons. The first kappa shape index (κ1) is 21.9. The van der Waals surface area contributed by atoms with Gasteiger partial charge < -0.3 is 15.0 Å². The molecule has 3 aliphatic rings. The van der Waals surface area contributed by atoms with E-state index in [0.717, 1.165) is 18.7 Å². The van der Waals surface area contributed by atoms with Crippen LogP contribution in [-0.4, -0.2) is 58.9 Å². The monoisotopic (exact) mass is 496 g/mol. The molecule has 36 heavy (non-hydrogen) atoms. The van der Waals surface area contributed by atoms with Gasteiger partial charge in [0, 0.05) is 61.5 Å². The van der Waals surface area contributed by atoms with E-state index in [1.54, 1.807) is 24.3 Å². The molecule has 0 aromatic heterocycles. The average Bonchev–Trinajstić information content (AvgIpc) is 3.17. The Balaban J connectivity index is 1.37. The topological polar surface area (TPSA) is 91.0 Å². The highest BCUT2D eigenvalue weighted by molar-refractivity contribution is 6.06. The van der Waals surface area contributed by atoms with Crippen LogP contribution in [0.15, 0.2) is 36.4 Å². The minimum atomic E-state index is -2.29. The molecule has 8 nitrogen and oxygen atoms in total. The Hall–Kier alpha value is -3.30. The summed E-state index contributed by atoms with van der Waals surface area (Å²) < 4.78 is 38.2. The normalized spacial score (nSPS) is 25.8. The van der Waals surface area contributed by atoms with Crippen molar-refractivity contribution in [2.24, 2.45) is 0 Å². The molecule has 190 valence electrons. The van der Waals surface area contributed by atoms with Crippen molar-refractivity contribution in [3.8, 4) is 0 Å². The summed E-state index contributed by atoms with van der Waals surface area (Å²) in [6.07, 6.45) is 0.526. The lowest BCUT2D eigenvalue weighted by Gasteiger charge is -2.35. The van der Waals surface area contributed by atoms with Crippen LogP contribution in [0.1, 0.15) is 56.5 Å². The van der Waals surface area contributed by atoms with Gasteiger partial charge in [-0.2, -0.15) is 0 Å². The fourth-order valence-corrected chi connectivity index (χ4v) is 5.28. The highest BCUT2D eigenvalue weighted by Crippen LogP contribution is 2.32. The molecule has 2 aromatic carbocycles. The first-order valence-corrected chi connectivity index (χ1v) is 12.2. The number of nitrogens with zero attached hydrogens (tertiary/aromatic N) is 2. The second kappa shape index (κ2) is 9.99. The Morgan fingerprint density at radius 2 is 1.94 bits per heavy atom. The second-order valence-corrected chi connectivity index (χ2v) is 9.75. The van der Waals surface area contributed by atoms with E-state index in [-0.39, 0.29) is 49.0 Å². The minimum absolute atomic E-state index is 0.0781. The summed E-state index contributed by atoms with van der Waals surface area (Å²) in [7, 11) is 0. The number of fused-ring (bicyclic) bond motifs is 1. The summed E-state index contributed by atoms with van der Waals surface area (Å²) in [5.41, 5.74) is 1.87. The molecular formula is C27H31FN4O4. The van der Waals surface area contributed by atoms with Crippen molar-refractivity contribution in [3.63, 3.8) is 0 Å². The molecule has 3 heterocycles. The van der Waals surface area contributed by atoms with E-state index in [1.165, 1.54) is 17.0 Å². The van der Waals surface area contributed by atoms with Crippen LogP contribution >= 0.6 is 0 Å². The van der Waals surface area contributed by atoms with Crippen molar-refractivity contribution in [1.29, 1.82) is 0 Å². The molecule has 9 heteroatoms. The molecule has 3 atom stereocenters. The van der Waals surface area contributed by atoms with Crippen molar-refractivity contribution in [3.05, 3.63) is 64.5 Å². The van der Waals surface area contributed by atoms with Crippen LogP contribution in [0.5, 0.6) is 0 Å². The molecule has 2 N–H and O–H groups in total. The fourth-order valence-electron chi connectivity index (χ4n) is 5.28. The van der Waals surface area contributed by atoms with E-state index in [4.69, 9.17) is 7.48 Å². The average molecular weight is 497 g/mol. The van der Waals surface area contributed by atoms with Gasteiger partial charge in [-0.05, 0) is 50.1 Å². The zero-order chi connectivity index (χ0) is 27.2. The van der Waals surface area contributed by atoms with Gasteiger partial charge in [-0.25, -0.2) is 4.39 Å². The lowest BCUT2D eigenvalue weighted by atomic mass is 10.0. The predicted molar refractivity (Wildman–Crippen MR) is 131 cm³/mol. The molecule has 2 saturated heterocycles. The molecule has 3 aliphatic heterocycles. The summed E-state index contributed by atoms with van der Waals surface area (Å²) >= 11 is 0. The van der Waals surface area contributed by atoms with Crippen LogP contribution in [0.25, 0.3) is 0 Å². The predicted octanol–water partition coefficient (Wildman–Crippen LogP) is 2.81. The Labute approximate surface area is 212 Å². The number of ether oxygens (including phenoxy) is 1. The number of anilines is 1. The molecule has 0 bridgehead atoms. The number of nitrogens with one attached hydrogen (secondary N) is 2. The van der Waals surface area contributed by atoms with E-state index in [9.17, 15) is 18.8 Å². The third kappa shape index (κ3) is 4.99. The number of carbonyl (C=O) groups is 3. The lowest BCUT2D eigenvalue weighted by molar-refractivity contribution is -0.136. The first-order valence-electron chi connectivity index (χ1n) is 13.2. The third-order valence-corrected chi connectivity index (χ3v) is 6.85. The van der Waals surface area contributed by atoms with Gasteiger partial charge in [0.25, 0.3) is 5.91 Å². The number of piperidine rings is 1. The molecule has 2 aromatic rings. The quantitative estimate of drug-likeness (QED) is 0.598. The molecule has 3 unspecified atom stereocenters. The largest absolute Gasteiger partial charge is 0.381 e. The van der Waals surface area contributed by atoms with Gasteiger partial charge in [-0.1, -0.05) is 12.1 Å².